The van der Waals surface area contributed by atoms with E-state index >= 15 is 0 Å². The Bertz CT molecular complexity index is 2060. The predicted molar refractivity (Wildman–Crippen MR) is 204 cm³/mol. The molecule has 0 unspecified atom stereocenters. The van der Waals surface area contributed by atoms with Crippen LogP contribution in [0.3, 0.4) is 0 Å². The Morgan fingerprint density at radius 1 is 0.840 bits per heavy atom. The molecule has 2 aromatic rings. The SMILES string of the molecule is C=C/C=C(\C=C/C)C(C=CC1=[N+](CCCC)c2ccc(S(=O)(=O)O)cc2C1(C)C)=CC=C1N(CCCC)c2ccc(S(=O)(=O)O)cc2C1(C)C. The molecule has 0 spiro atoms. The fourth-order valence-electron chi connectivity index (χ4n) is 6.88. The lowest BCUT2D eigenvalue weighted by Crippen LogP contribution is -2.28. The van der Waals surface area contributed by atoms with Crippen LogP contribution in [-0.4, -0.2) is 49.3 Å². The maximum Gasteiger partial charge on any atom is 0.294 e. The van der Waals surface area contributed by atoms with E-state index in [0.29, 0.717) is 0 Å². The van der Waals surface area contributed by atoms with Crippen molar-refractivity contribution in [2.75, 3.05) is 18.0 Å². The molecule has 4 rings (SSSR count). The van der Waals surface area contributed by atoms with Gasteiger partial charge in [0.2, 0.25) is 5.69 Å². The minimum absolute atomic E-state index is 0.127. The second-order valence-corrected chi connectivity index (χ2v) is 16.7. The average molecular weight is 720 g/mol. The van der Waals surface area contributed by atoms with Crippen LogP contribution in [0.15, 0.2) is 118 Å². The molecule has 10 heteroatoms. The lowest BCUT2D eigenvalue weighted by Gasteiger charge is -2.27. The molecule has 0 fully saturated rings. The number of benzene rings is 2. The van der Waals surface area contributed by atoms with Crippen LogP contribution in [0.1, 0.15) is 85.3 Å². The number of hydrogen-bond donors (Lipinski definition) is 2. The van der Waals surface area contributed by atoms with Crippen molar-refractivity contribution < 1.29 is 30.5 Å². The fourth-order valence-corrected chi connectivity index (χ4v) is 7.90. The Kier molecular flexibility index (Phi) is 11.8. The molecule has 2 aromatic carbocycles. The lowest BCUT2D eigenvalue weighted by atomic mass is 9.81. The zero-order valence-electron chi connectivity index (χ0n) is 30.3. The van der Waals surface area contributed by atoms with Crippen LogP contribution in [0.4, 0.5) is 11.4 Å². The summed E-state index contributed by atoms with van der Waals surface area (Å²) in [6, 6.07) is 9.61. The summed E-state index contributed by atoms with van der Waals surface area (Å²) in [4.78, 5) is 1.98. The highest BCUT2D eigenvalue weighted by molar-refractivity contribution is 7.86. The van der Waals surface area contributed by atoms with Gasteiger partial charge in [-0.1, -0.05) is 77.5 Å². The number of anilines is 1. The second kappa shape index (κ2) is 15.2. The third kappa shape index (κ3) is 7.89. The van der Waals surface area contributed by atoms with Crippen LogP contribution in [0.2, 0.25) is 0 Å². The maximum atomic E-state index is 12.1. The zero-order valence-corrected chi connectivity index (χ0v) is 31.9. The van der Waals surface area contributed by atoms with E-state index in [4.69, 9.17) is 0 Å². The summed E-state index contributed by atoms with van der Waals surface area (Å²) in [5, 5.41) is 0. The smallest absolute Gasteiger partial charge is 0.294 e. The average Bonchev–Trinajstić information content (AvgIpc) is 3.39. The Hall–Kier alpha value is -3.83. The zero-order chi connectivity index (χ0) is 37.1. The van der Waals surface area contributed by atoms with Gasteiger partial charge in [0.15, 0.2) is 5.71 Å². The highest BCUT2D eigenvalue weighted by atomic mass is 32.2. The van der Waals surface area contributed by atoms with Crippen molar-refractivity contribution in [3.63, 3.8) is 0 Å². The standard InChI is InChI=1S/C40H50N2O6S2/c1-9-13-25-41-35-21-19-31(49(43,44)45)27-33(35)39(5,6)37(41)23-17-30(29(15-11-3)16-12-4)18-24-38-40(7,8)34-28-32(50(46,47)48)20-22-36(34)42(38)26-14-10-2/h11-12,15-24,27-28H,3,9-10,13-14,25-26H2,1-2,4-8H3,(H-,43,44,45,46,47,48)/p+1/b16-12-,29-15+. The molecule has 0 atom stereocenters. The first-order valence-electron chi connectivity index (χ1n) is 17.2. The molecule has 2 aliphatic heterocycles. The van der Waals surface area contributed by atoms with Gasteiger partial charge in [-0.05, 0) is 86.4 Å². The summed E-state index contributed by atoms with van der Waals surface area (Å²) in [7, 11) is -8.75. The predicted octanol–water partition coefficient (Wildman–Crippen LogP) is 9.01. The number of unbranched alkanes of at least 4 members (excludes halogenated alkanes) is 2. The molecular weight excluding hydrogens is 669 g/mol. The minimum Gasteiger partial charge on any atom is -0.344 e. The van der Waals surface area contributed by atoms with Crippen LogP contribution in [0.5, 0.6) is 0 Å². The largest absolute Gasteiger partial charge is 0.344 e. The van der Waals surface area contributed by atoms with Crippen molar-refractivity contribution in [1.82, 2.24) is 0 Å². The topological polar surface area (TPSA) is 115 Å². The Balaban J connectivity index is 1.92. The summed E-state index contributed by atoms with van der Waals surface area (Å²) in [6.45, 7) is 19.9. The molecule has 0 aliphatic carbocycles. The molecule has 2 heterocycles. The molecular formula is C40H51N2O6S2+. The van der Waals surface area contributed by atoms with Crippen molar-refractivity contribution in [1.29, 1.82) is 0 Å². The third-order valence-corrected chi connectivity index (χ3v) is 11.3. The number of fused-ring (bicyclic) bond motifs is 2. The maximum absolute atomic E-state index is 12.1. The van der Waals surface area contributed by atoms with E-state index in [1.807, 2.05) is 25.2 Å². The monoisotopic (exact) mass is 719 g/mol. The van der Waals surface area contributed by atoms with Gasteiger partial charge in [-0.2, -0.15) is 21.4 Å². The number of allylic oxidation sites excluding steroid dienone is 11. The minimum atomic E-state index is -4.37. The summed E-state index contributed by atoms with van der Waals surface area (Å²) in [5.74, 6) is 0. The van der Waals surface area contributed by atoms with Gasteiger partial charge in [0, 0.05) is 47.5 Å². The van der Waals surface area contributed by atoms with Gasteiger partial charge in [0.25, 0.3) is 20.2 Å². The summed E-state index contributed by atoms with van der Waals surface area (Å²) < 4.78 is 70.2. The van der Waals surface area contributed by atoms with Gasteiger partial charge in [0.1, 0.15) is 6.54 Å². The van der Waals surface area contributed by atoms with Gasteiger partial charge >= 0.3 is 0 Å². The van der Waals surface area contributed by atoms with E-state index in [9.17, 15) is 25.9 Å². The first kappa shape index (κ1) is 39.0. The van der Waals surface area contributed by atoms with E-state index < -0.39 is 31.1 Å². The van der Waals surface area contributed by atoms with Crippen LogP contribution >= 0.6 is 0 Å². The first-order valence-corrected chi connectivity index (χ1v) is 20.0. The van der Waals surface area contributed by atoms with Crippen LogP contribution in [0, 0.1) is 0 Å². The normalized spacial score (nSPS) is 18.5. The molecule has 50 heavy (non-hydrogen) atoms. The van der Waals surface area contributed by atoms with E-state index in [0.717, 1.165) is 83.8 Å². The van der Waals surface area contributed by atoms with Crippen molar-refractivity contribution in [3.05, 3.63) is 120 Å². The quantitative estimate of drug-likeness (QED) is 0.114. The molecule has 0 radical (unpaired) electrons. The molecule has 268 valence electrons. The molecule has 0 aromatic heterocycles. The van der Waals surface area contributed by atoms with Gasteiger partial charge in [0.05, 0.1) is 15.2 Å². The van der Waals surface area contributed by atoms with Crippen molar-refractivity contribution in [2.24, 2.45) is 0 Å². The van der Waals surface area contributed by atoms with E-state index in [1.165, 1.54) is 12.1 Å². The second-order valence-electron chi connectivity index (χ2n) is 13.8. The Labute approximate surface area is 299 Å². The van der Waals surface area contributed by atoms with Crippen LogP contribution in [-0.2, 0) is 31.1 Å². The van der Waals surface area contributed by atoms with E-state index in [2.05, 4.69) is 81.9 Å². The molecule has 0 saturated carbocycles. The Morgan fingerprint density at radius 3 is 2.02 bits per heavy atom. The number of rotatable bonds is 14. The van der Waals surface area contributed by atoms with Gasteiger partial charge < -0.3 is 4.90 Å². The molecule has 2 N–H and O–H groups in total. The summed E-state index contributed by atoms with van der Waals surface area (Å²) in [5.41, 5.74) is 6.19. The van der Waals surface area contributed by atoms with Crippen molar-refractivity contribution >= 4 is 37.3 Å². The van der Waals surface area contributed by atoms with Crippen LogP contribution < -0.4 is 4.90 Å². The molecule has 0 bridgehead atoms. The van der Waals surface area contributed by atoms with Gasteiger partial charge in [-0.15, -0.1) is 0 Å². The van der Waals surface area contributed by atoms with Crippen LogP contribution in [0.25, 0.3) is 0 Å². The fraction of sp³-hybridized carbons (Fsp3) is 0.375. The molecule has 2 aliphatic rings. The first-order chi connectivity index (χ1) is 23.4. The van der Waals surface area contributed by atoms with Crippen molar-refractivity contribution in [2.45, 2.75) is 94.8 Å². The lowest BCUT2D eigenvalue weighted by molar-refractivity contribution is -0.438. The molecule has 8 nitrogen and oxygen atoms in total. The Morgan fingerprint density at radius 2 is 1.44 bits per heavy atom. The van der Waals surface area contributed by atoms with E-state index in [-0.39, 0.29) is 9.79 Å². The van der Waals surface area contributed by atoms with Gasteiger partial charge in [-0.3, -0.25) is 9.11 Å². The van der Waals surface area contributed by atoms with Gasteiger partial charge in [-0.25, -0.2) is 0 Å². The third-order valence-electron chi connectivity index (χ3n) is 9.61. The number of hydrogen-bond acceptors (Lipinski definition) is 5. The molecule has 0 amide bonds. The molecule has 0 saturated heterocycles. The van der Waals surface area contributed by atoms with Crippen molar-refractivity contribution in [3.8, 4) is 0 Å². The highest BCUT2D eigenvalue weighted by Gasteiger charge is 2.45. The summed E-state index contributed by atoms with van der Waals surface area (Å²) in [6.07, 6.45) is 19.8. The highest BCUT2D eigenvalue weighted by Crippen LogP contribution is 2.49. The number of nitrogens with zero attached hydrogens (tertiary/aromatic N) is 2. The summed E-state index contributed by atoms with van der Waals surface area (Å²) >= 11 is 0. The van der Waals surface area contributed by atoms with E-state index in [1.54, 1.807) is 30.3 Å².